The Morgan fingerprint density at radius 3 is 2.31 bits per heavy atom. The molecular formula is C9H17N3O4. The fraction of sp³-hybridized carbons (Fsp3) is 0.667. The molecule has 0 aliphatic heterocycles. The zero-order valence-electron chi connectivity index (χ0n) is 9.37. The predicted octanol–water partition coefficient (Wildman–Crippen LogP) is -1.84. The summed E-state index contributed by atoms with van der Waals surface area (Å²) in [5.41, 5.74) is 0. The van der Waals surface area contributed by atoms with Crippen LogP contribution in [-0.4, -0.2) is 49.6 Å². The van der Waals surface area contributed by atoms with Crippen molar-refractivity contribution >= 4 is 17.8 Å². The van der Waals surface area contributed by atoms with Crippen molar-refractivity contribution in [1.29, 1.82) is 0 Å². The van der Waals surface area contributed by atoms with Crippen LogP contribution in [0.2, 0.25) is 0 Å². The fourth-order valence-electron chi connectivity index (χ4n) is 0.977. The molecule has 0 saturated carbocycles. The molecule has 1 atom stereocenters. The van der Waals surface area contributed by atoms with Crippen molar-refractivity contribution in [2.75, 3.05) is 26.7 Å². The topological polar surface area (TPSA) is 108 Å². The van der Waals surface area contributed by atoms with Gasteiger partial charge in [0.1, 0.15) is 6.54 Å². The largest absolute Gasteiger partial charge is 0.480 e. The second kappa shape index (κ2) is 7.63. The number of hydrogen-bond acceptors (Lipinski definition) is 4. The van der Waals surface area contributed by atoms with E-state index in [2.05, 4.69) is 16.0 Å². The summed E-state index contributed by atoms with van der Waals surface area (Å²) < 4.78 is 0. The maximum atomic E-state index is 11.3. The number of carboxylic acid groups (broad SMARTS) is 1. The highest BCUT2D eigenvalue weighted by Gasteiger charge is 2.12. The van der Waals surface area contributed by atoms with Crippen molar-refractivity contribution in [1.82, 2.24) is 16.0 Å². The van der Waals surface area contributed by atoms with Crippen molar-refractivity contribution < 1.29 is 19.5 Å². The summed E-state index contributed by atoms with van der Waals surface area (Å²) in [6.07, 6.45) is 0. The highest BCUT2D eigenvalue weighted by molar-refractivity contribution is 5.87. The van der Waals surface area contributed by atoms with E-state index in [-0.39, 0.29) is 18.4 Å². The van der Waals surface area contributed by atoms with E-state index < -0.39 is 18.4 Å². The standard InChI is InChI=1S/C9H17N3O4/c1-6(3-10-2)9(16)12-4-7(13)11-5-8(14)15/h6,10H,3-5H2,1-2H3,(H,11,13)(H,12,16)(H,14,15). The predicted molar refractivity (Wildman–Crippen MR) is 56.7 cm³/mol. The second-order valence-electron chi connectivity index (χ2n) is 3.35. The van der Waals surface area contributed by atoms with Gasteiger partial charge in [0.15, 0.2) is 0 Å². The minimum Gasteiger partial charge on any atom is -0.480 e. The van der Waals surface area contributed by atoms with E-state index >= 15 is 0 Å². The summed E-state index contributed by atoms with van der Waals surface area (Å²) in [6.45, 7) is 1.59. The molecule has 16 heavy (non-hydrogen) atoms. The van der Waals surface area contributed by atoms with Gasteiger partial charge < -0.3 is 21.1 Å². The molecule has 0 fully saturated rings. The van der Waals surface area contributed by atoms with E-state index in [4.69, 9.17) is 5.11 Å². The first-order valence-corrected chi connectivity index (χ1v) is 4.88. The van der Waals surface area contributed by atoms with Crippen LogP contribution in [0.3, 0.4) is 0 Å². The molecule has 7 nitrogen and oxygen atoms in total. The lowest BCUT2D eigenvalue weighted by atomic mass is 10.1. The van der Waals surface area contributed by atoms with Crippen molar-refractivity contribution in [3.8, 4) is 0 Å². The molecule has 4 N–H and O–H groups in total. The number of aliphatic carboxylic acids is 1. The molecule has 0 rings (SSSR count). The van der Waals surface area contributed by atoms with Gasteiger partial charge in [-0.15, -0.1) is 0 Å². The number of amides is 2. The maximum Gasteiger partial charge on any atom is 0.322 e. The van der Waals surface area contributed by atoms with Gasteiger partial charge in [-0.1, -0.05) is 6.92 Å². The number of hydrogen-bond donors (Lipinski definition) is 4. The van der Waals surface area contributed by atoms with Gasteiger partial charge in [0, 0.05) is 12.5 Å². The molecule has 0 heterocycles. The van der Waals surface area contributed by atoms with Gasteiger partial charge in [-0.3, -0.25) is 14.4 Å². The zero-order valence-corrected chi connectivity index (χ0v) is 9.37. The molecule has 0 aromatic carbocycles. The van der Waals surface area contributed by atoms with Gasteiger partial charge in [-0.25, -0.2) is 0 Å². The van der Waals surface area contributed by atoms with Crippen molar-refractivity contribution in [3.63, 3.8) is 0 Å². The fourth-order valence-corrected chi connectivity index (χ4v) is 0.977. The summed E-state index contributed by atoms with van der Waals surface area (Å²) in [7, 11) is 1.73. The van der Waals surface area contributed by atoms with Crippen LogP contribution in [0.25, 0.3) is 0 Å². The van der Waals surface area contributed by atoms with E-state index in [1.165, 1.54) is 0 Å². The number of carbonyl (C=O) groups excluding carboxylic acids is 2. The molecule has 7 heteroatoms. The van der Waals surface area contributed by atoms with Crippen LogP contribution in [0.15, 0.2) is 0 Å². The van der Waals surface area contributed by atoms with Crippen molar-refractivity contribution in [3.05, 3.63) is 0 Å². The summed E-state index contributed by atoms with van der Waals surface area (Å²) in [4.78, 5) is 32.5. The third-order valence-electron chi connectivity index (χ3n) is 1.82. The molecule has 0 aromatic rings. The summed E-state index contributed by atoms with van der Waals surface area (Å²) in [5.74, 6) is -2.13. The molecule has 0 aromatic heterocycles. The zero-order chi connectivity index (χ0) is 12.6. The highest BCUT2D eigenvalue weighted by atomic mass is 16.4. The lowest BCUT2D eigenvalue weighted by Gasteiger charge is -2.11. The lowest BCUT2D eigenvalue weighted by molar-refractivity contribution is -0.137. The van der Waals surface area contributed by atoms with Gasteiger partial charge in [0.2, 0.25) is 11.8 Å². The summed E-state index contributed by atoms with van der Waals surface area (Å²) in [5, 5.41) is 15.7. The van der Waals surface area contributed by atoms with Gasteiger partial charge in [-0.05, 0) is 7.05 Å². The number of nitrogens with one attached hydrogen (secondary N) is 3. The summed E-state index contributed by atoms with van der Waals surface area (Å²) >= 11 is 0. The van der Waals surface area contributed by atoms with E-state index in [9.17, 15) is 14.4 Å². The minimum absolute atomic E-state index is 0.208. The molecule has 2 amide bonds. The molecule has 0 aliphatic rings. The Labute approximate surface area is 93.6 Å². The Bertz CT molecular complexity index is 267. The lowest BCUT2D eigenvalue weighted by Crippen LogP contribution is -2.42. The molecule has 0 bridgehead atoms. The molecule has 0 saturated heterocycles. The van der Waals surface area contributed by atoms with Gasteiger partial charge in [0.25, 0.3) is 0 Å². The Balaban J connectivity index is 3.74. The third-order valence-corrected chi connectivity index (χ3v) is 1.82. The monoisotopic (exact) mass is 231 g/mol. The molecule has 0 aliphatic carbocycles. The van der Waals surface area contributed by atoms with Gasteiger partial charge in [-0.2, -0.15) is 0 Å². The third kappa shape index (κ3) is 6.77. The molecule has 0 radical (unpaired) electrons. The van der Waals surface area contributed by atoms with Crippen LogP contribution in [0, 0.1) is 5.92 Å². The van der Waals surface area contributed by atoms with Crippen LogP contribution in [0.4, 0.5) is 0 Å². The first-order chi connectivity index (χ1) is 7.47. The van der Waals surface area contributed by atoms with Crippen LogP contribution >= 0.6 is 0 Å². The first-order valence-electron chi connectivity index (χ1n) is 4.88. The maximum absolute atomic E-state index is 11.3. The minimum atomic E-state index is -1.12. The summed E-state index contributed by atoms with van der Waals surface area (Å²) in [6, 6.07) is 0. The van der Waals surface area contributed by atoms with Crippen molar-refractivity contribution in [2.45, 2.75) is 6.92 Å². The number of rotatable bonds is 7. The van der Waals surface area contributed by atoms with Crippen LogP contribution in [-0.2, 0) is 14.4 Å². The number of carbonyl (C=O) groups is 3. The molecular weight excluding hydrogens is 214 g/mol. The Morgan fingerprint density at radius 1 is 1.19 bits per heavy atom. The van der Waals surface area contributed by atoms with Crippen LogP contribution in [0.5, 0.6) is 0 Å². The SMILES string of the molecule is CNCC(C)C(=O)NCC(=O)NCC(=O)O. The molecule has 92 valence electrons. The van der Waals surface area contributed by atoms with E-state index in [1.807, 2.05) is 0 Å². The Morgan fingerprint density at radius 2 is 1.81 bits per heavy atom. The van der Waals surface area contributed by atoms with Crippen LogP contribution in [0.1, 0.15) is 6.92 Å². The van der Waals surface area contributed by atoms with Gasteiger partial charge in [0.05, 0.1) is 6.54 Å². The average molecular weight is 231 g/mol. The molecule has 0 spiro atoms. The normalized spacial score (nSPS) is 11.6. The second-order valence-corrected chi connectivity index (χ2v) is 3.35. The van der Waals surface area contributed by atoms with Gasteiger partial charge >= 0.3 is 5.97 Å². The van der Waals surface area contributed by atoms with Crippen molar-refractivity contribution in [2.24, 2.45) is 5.92 Å². The Kier molecular flexibility index (Phi) is 6.86. The van der Waals surface area contributed by atoms with E-state index in [0.29, 0.717) is 6.54 Å². The van der Waals surface area contributed by atoms with E-state index in [0.717, 1.165) is 0 Å². The molecule has 1 unspecified atom stereocenters. The average Bonchev–Trinajstić information content (AvgIpc) is 2.23. The number of carboxylic acids is 1. The first kappa shape index (κ1) is 14.4. The smallest absolute Gasteiger partial charge is 0.322 e. The van der Waals surface area contributed by atoms with E-state index in [1.54, 1.807) is 14.0 Å². The highest BCUT2D eigenvalue weighted by Crippen LogP contribution is 1.90. The Hall–Kier alpha value is -1.63. The quantitative estimate of drug-likeness (QED) is 0.412. The van der Waals surface area contributed by atoms with Crippen LogP contribution < -0.4 is 16.0 Å².